The minimum absolute atomic E-state index is 0.144. The van der Waals surface area contributed by atoms with Crippen molar-refractivity contribution in [2.75, 3.05) is 7.11 Å². The SMILES string of the molecule is COC(=O)c1nn(-c2ccc3c(c2)sc(=O)n3C)c(=O)[nH]c1=O. The van der Waals surface area contributed by atoms with Crippen molar-refractivity contribution >= 4 is 27.5 Å². The number of rotatable bonds is 2. The molecule has 0 aliphatic rings. The number of aromatic amines is 1. The number of thiazole rings is 1. The van der Waals surface area contributed by atoms with E-state index in [2.05, 4.69) is 9.84 Å². The Morgan fingerprint density at radius 1 is 1.30 bits per heavy atom. The maximum absolute atomic E-state index is 11.9. The number of carbonyl (C=O) groups excluding carboxylic acids is 1. The predicted molar refractivity (Wildman–Crippen MR) is 82.4 cm³/mol. The summed E-state index contributed by atoms with van der Waals surface area (Å²) < 4.78 is 7.46. The first-order valence-electron chi connectivity index (χ1n) is 6.34. The third-order valence-corrected chi connectivity index (χ3v) is 4.22. The van der Waals surface area contributed by atoms with Crippen LogP contribution in [0.5, 0.6) is 0 Å². The minimum atomic E-state index is -0.953. The van der Waals surface area contributed by atoms with E-state index in [1.54, 1.807) is 25.2 Å². The molecule has 118 valence electrons. The van der Waals surface area contributed by atoms with Crippen molar-refractivity contribution in [3.63, 3.8) is 0 Å². The van der Waals surface area contributed by atoms with Crippen LogP contribution in [0.3, 0.4) is 0 Å². The lowest BCUT2D eigenvalue weighted by Crippen LogP contribution is -2.36. The van der Waals surface area contributed by atoms with Gasteiger partial charge in [0, 0.05) is 7.05 Å². The van der Waals surface area contributed by atoms with E-state index in [0.717, 1.165) is 23.1 Å². The summed E-state index contributed by atoms with van der Waals surface area (Å²) in [4.78, 5) is 48.6. The zero-order valence-corrected chi connectivity index (χ0v) is 12.8. The third-order valence-electron chi connectivity index (χ3n) is 3.23. The van der Waals surface area contributed by atoms with E-state index in [1.165, 1.54) is 4.57 Å². The fraction of sp³-hybridized carbons (Fsp3) is 0.154. The van der Waals surface area contributed by atoms with E-state index in [1.807, 2.05) is 4.98 Å². The number of hydrogen-bond acceptors (Lipinski definition) is 7. The lowest BCUT2D eigenvalue weighted by molar-refractivity contribution is 0.0589. The largest absolute Gasteiger partial charge is 0.464 e. The van der Waals surface area contributed by atoms with Gasteiger partial charge in [0.25, 0.3) is 5.56 Å². The van der Waals surface area contributed by atoms with Crippen LogP contribution in [0.2, 0.25) is 0 Å². The van der Waals surface area contributed by atoms with Crippen LogP contribution in [-0.2, 0) is 11.8 Å². The van der Waals surface area contributed by atoms with E-state index in [0.29, 0.717) is 15.9 Å². The average Bonchev–Trinajstić information content (AvgIpc) is 2.81. The Morgan fingerprint density at radius 3 is 2.74 bits per heavy atom. The summed E-state index contributed by atoms with van der Waals surface area (Å²) in [5.41, 5.74) is -1.25. The molecule has 2 aromatic heterocycles. The molecule has 0 atom stereocenters. The van der Waals surface area contributed by atoms with Gasteiger partial charge in [0.1, 0.15) is 0 Å². The van der Waals surface area contributed by atoms with E-state index in [-0.39, 0.29) is 4.87 Å². The van der Waals surface area contributed by atoms with Gasteiger partial charge in [0.15, 0.2) is 0 Å². The lowest BCUT2D eigenvalue weighted by Gasteiger charge is -2.05. The number of aromatic nitrogens is 4. The molecule has 0 saturated carbocycles. The van der Waals surface area contributed by atoms with Crippen molar-refractivity contribution < 1.29 is 9.53 Å². The topological polar surface area (TPSA) is 116 Å². The number of methoxy groups -OCH3 is 1. The van der Waals surface area contributed by atoms with Crippen LogP contribution < -0.4 is 16.1 Å². The number of hydrogen-bond donors (Lipinski definition) is 1. The van der Waals surface area contributed by atoms with Crippen LogP contribution >= 0.6 is 11.3 Å². The highest BCUT2D eigenvalue weighted by Gasteiger charge is 2.17. The quantitative estimate of drug-likeness (QED) is 0.639. The van der Waals surface area contributed by atoms with E-state index in [4.69, 9.17) is 0 Å². The van der Waals surface area contributed by atoms with Gasteiger partial charge in [-0.1, -0.05) is 11.3 Å². The second kappa shape index (κ2) is 5.32. The molecular weight excluding hydrogens is 324 g/mol. The van der Waals surface area contributed by atoms with Gasteiger partial charge >= 0.3 is 16.5 Å². The van der Waals surface area contributed by atoms with Crippen molar-refractivity contribution in [3.05, 3.63) is 54.4 Å². The minimum Gasteiger partial charge on any atom is -0.464 e. The third kappa shape index (κ3) is 2.38. The van der Waals surface area contributed by atoms with Gasteiger partial charge in [0.05, 0.1) is 23.0 Å². The highest BCUT2D eigenvalue weighted by atomic mass is 32.1. The summed E-state index contributed by atoms with van der Waals surface area (Å²) in [6.07, 6.45) is 0. The van der Waals surface area contributed by atoms with Gasteiger partial charge < -0.3 is 9.30 Å². The van der Waals surface area contributed by atoms with Gasteiger partial charge in [-0.15, -0.1) is 0 Å². The van der Waals surface area contributed by atoms with Crippen molar-refractivity contribution in [3.8, 4) is 5.69 Å². The summed E-state index contributed by atoms with van der Waals surface area (Å²) in [6.45, 7) is 0. The molecule has 23 heavy (non-hydrogen) atoms. The number of ether oxygens (including phenoxy) is 1. The first-order valence-corrected chi connectivity index (χ1v) is 7.16. The maximum Gasteiger partial charge on any atom is 0.364 e. The van der Waals surface area contributed by atoms with Crippen molar-refractivity contribution in [1.82, 2.24) is 19.3 Å². The summed E-state index contributed by atoms with van der Waals surface area (Å²) in [5.74, 6) is -0.953. The van der Waals surface area contributed by atoms with Gasteiger partial charge in [-0.05, 0) is 18.2 Å². The van der Waals surface area contributed by atoms with E-state index < -0.39 is 22.9 Å². The molecular formula is C13H10N4O5S. The van der Waals surface area contributed by atoms with Crippen LogP contribution in [0.1, 0.15) is 10.5 Å². The summed E-state index contributed by atoms with van der Waals surface area (Å²) >= 11 is 1.01. The number of H-pyrrole nitrogens is 1. The number of nitrogens with zero attached hydrogens (tertiary/aromatic N) is 3. The Morgan fingerprint density at radius 2 is 2.04 bits per heavy atom. The molecule has 0 amide bonds. The smallest absolute Gasteiger partial charge is 0.364 e. The number of fused-ring (bicyclic) bond motifs is 1. The van der Waals surface area contributed by atoms with Crippen molar-refractivity contribution in [1.29, 1.82) is 0 Å². The zero-order valence-electron chi connectivity index (χ0n) is 12.0. The Hall–Kier alpha value is -3.01. The fourth-order valence-electron chi connectivity index (χ4n) is 2.06. The highest BCUT2D eigenvalue weighted by Crippen LogP contribution is 2.19. The Bertz CT molecular complexity index is 1100. The summed E-state index contributed by atoms with van der Waals surface area (Å²) in [6, 6.07) is 4.79. The Balaban J connectivity index is 2.26. The molecule has 0 fully saturated rings. The zero-order chi connectivity index (χ0) is 16.7. The van der Waals surface area contributed by atoms with Gasteiger partial charge in [0.2, 0.25) is 5.69 Å². The van der Waals surface area contributed by atoms with Crippen LogP contribution in [0.15, 0.2) is 32.6 Å². The molecule has 3 aromatic rings. The van der Waals surface area contributed by atoms with E-state index in [9.17, 15) is 19.2 Å². The lowest BCUT2D eigenvalue weighted by atomic mass is 10.3. The average molecular weight is 334 g/mol. The Labute approximate surface area is 131 Å². The molecule has 0 aliphatic carbocycles. The number of esters is 1. The monoisotopic (exact) mass is 334 g/mol. The molecule has 0 saturated heterocycles. The van der Waals surface area contributed by atoms with Crippen molar-refractivity contribution in [2.45, 2.75) is 0 Å². The molecule has 0 bridgehead atoms. The second-order valence-corrected chi connectivity index (χ2v) is 5.58. The first kappa shape index (κ1) is 14.9. The van der Waals surface area contributed by atoms with Crippen LogP contribution in [0, 0.1) is 0 Å². The molecule has 10 heteroatoms. The maximum atomic E-state index is 11.9. The van der Waals surface area contributed by atoms with Gasteiger partial charge in [-0.3, -0.25) is 14.6 Å². The standard InChI is InChI=1S/C13H10N4O5S/c1-16-7-4-3-6(5-8(7)23-13(16)21)17-12(20)14-10(18)9(15-17)11(19)22-2/h3-5H,1-2H3,(H,14,18,20). The molecule has 1 aromatic carbocycles. The second-order valence-electron chi connectivity index (χ2n) is 4.59. The number of aryl methyl sites for hydroxylation is 1. The fourth-order valence-corrected chi connectivity index (χ4v) is 2.97. The first-order chi connectivity index (χ1) is 10.9. The normalized spacial score (nSPS) is 10.9. The van der Waals surface area contributed by atoms with Crippen LogP contribution in [0.25, 0.3) is 15.9 Å². The predicted octanol–water partition coefficient (Wildman–Crippen LogP) is -0.379. The number of nitrogens with one attached hydrogen (secondary N) is 1. The molecule has 1 N–H and O–H groups in total. The summed E-state index contributed by atoms with van der Waals surface area (Å²) in [5, 5.41) is 3.75. The molecule has 0 unspecified atom stereocenters. The van der Waals surface area contributed by atoms with Crippen molar-refractivity contribution in [2.24, 2.45) is 7.05 Å². The van der Waals surface area contributed by atoms with E-state index >= 15 is 0 Å². The number of benzene rings is 1. The van der Waals surface area contributed by atoms with Crippen LogP contribution in [0.4, 0.5) is 0 Å². The molecule has 0 aliphatic heterocycles. The number of carbonyl (C=O) groups is 1. The van der Waals surface area contributed by atoms with Crippen LogP contribution in [-0.4, -0.2) is 32.4 Å². The molecule has 3 rings (SSSR count). The molecule has 2 heterocycles. The Kier molecular flexibility index (Phi) is 3.45. The molecule has 9 nitrogen and oxygen atoms in total. The van der Waals surface area contributed by atoms with Gasteiger partial charge in [-0.2, -0.15) is 9.78 Å². The summed E-state index contributed by atoms with van der Waals surface area (Å²) in [7, 11) is 2.74. The molecule has 0 spiro atoms. The molecule has 0 radical (unpaired) electrons. The van der Waals surface area contributed by atoms with Gasteiger partial charge in [-0.25, -0.2) is 9.59 Å². The highest BCUT2D eigenvalue weighted by molar-refractivity contribution is 7.16.